The van der Waals surface area contributed by atoms with Crippen LogP contribution in [0.5, 0.6) is 0 Å². The molecule has 1 heteroatoms. The van der Waals surface area contributed by atoms with Gasteiger partial charge in [-0.2, -0.15) is 0 Å². The lowest BCUT2D eigenvalue weighted by molar-refractivity contribution is 0.178. The number of rotatable bonds is 4. The van der Waals surface area contributed by atoms with Gasteiger partial charge in [0.05, 0.1) is 0 Å². The molecule has 0 radical (unpaired) electrons. The van der Waals surface area contributed by atoms with Crippen LogP contribution in [0.2, 0.25) is 0 Å². The molecule has 16 heavy (non-hydrogen) atoms. The average molecular weight is 217 g/mol. The largest absolute Gasteiger partial charge is 0.327 e. The molecule has 1 nitrogen and oxygen atoms in total. The van der Waals surface area contributed by atoms with Crippen molar-refractivity contribution in [2.24, 2.45) is 11.7 Å². The van der Waals surface area contributed by atoms with Crippen LogP contribution in [0.1, 0.15) is 45.1 Å². The fraction of sp³-hybridized carbons (Fsp3) is 0.600. The van der Waals surface area contributed by atoms with Crippen LogP contribution in [0.4, 0.5) is 0 Å². The van der Waals surface area contributed by atoms with Crippen molar-refractivity contribution < 1.29 is 0 Å². The van der Waals surface area contributed by atoms with Gasteiger partial charge in [0.2, 0.25) is 0 Å². The van der Waals surface area contributed by atoms with Gasteiger partial charge < -0.3 is 5.73 Å². The molecule has 0 aromatic heterocycles. The third-order valence-corrected chi connectivity index (χ3v) is 4.03. The van der Waals surface area contributed by atoms with Gasteiger partial charge in [0.25, 0.3) is 0 Å². The quantitative estimate of drug-likeness (QED) is 0.821. The third-order valence-electron chi connectivity index (χ3n) is 4.03. The van der Waals surface area contributed by atoms with Crippen molar-refractivity contribution in [3.8, 4) is 0 Å². The standard InChI is InChI=1S/C15H23N/c1-12(2)11-14(16)15(9-6-10-15)13-7-4-3-5-8-13/h3-5,7-8,12,14H,6,9-11,16H2,1-2H3. The molecular formula is C15H23N. The van der Waals surface area contributed by atoms with Gasteiger partial charge in [-0.25, -0.2) is 0 Å². The average Bonchev–Trinajstić information content (AvgIpc) is 2.16. The summed E-state index contributed by atoms with van der Waals surface area (Å²) in [5.74, 6) is 0.691. The molecule has 1 fully saturated rings. The first kappa shape index (κ1) is 11.7. The van der Waals surface area contributed by atoms with Crippen molar-refractivity contribution in [3.63, 3.8) is 0 Å². The summed E-state index contributed by atoms with van der Waals surface area (Å²) < 4.78 is 0. The summed E-state index contributed by atoms with van der Waals surface area (Å²) in [5.41, 5.74) is 8.18. The fourth-order valence-electron chi connectivity index (χ4n) is 2.93. The van der Waals surface area contributed by atoms with Gasteiger partial charge in [-0.05, 0) is 30.7 Å². The highest BCUT2D eigenvalue weighted by Gasteiger charge is 2.43. The first-order valence-electron chi connectivity index (χ1n) is 6.46. The summed E-state index contributed by atoms with van der Waals surface area (Å²) in [6.45, 7) is 4.52. The van der Waals surface area contributed by atoms with E-state index in [0.717, 1.165) is 6.42 Å². The summed E-state index contributed by atoms with van der Waals surface area (Å²) in [7, 11) is 0. The van der Waals surface area contributed by atoms with Crippen molar-refractivity contribution in [2.75, 3.05) is 0 Å². The molecule has 0 aliphatic heterocycles. The molecule has 0 amide bonds. The van der Waals surface area contributed by atoms with Gasteiger partial charge in [0.15, 0.2) is 0 Å². The van der Waals surface area contributed by atoms with Crippen LogP contribution in [0.15, 0.2) is 30.3 Å². The molecule has 0 bridgehead atoms. The maximum absolute atomic E-state index is 6.45. The lowest BCUT2D eigenvalue weighted by atomic mass is 9.59. The molecule has 1 unspecified atom stereocenters. The second-order valence-corrected chi connectivity index (χ2v) is 5.61. The van der Waals surface area contributed by atoms with Crippen molar-refractivity contribution in [1.29, 1.82) is 0 Å². The Bertz CT molecular complexity index is 325. The summed E-state index contributed by atoms with van der Waals surface area (Å²) in [6, 6.07) is 11.2. The van der Waals surface area contributed by atoms with E-state index in [4.69, 9.17) is 5.73 Å². The van der Waals surface area contributed by atoms with Crippen LogP contribution in [-0.4, -0.2) is 6.04 Å². The second-order valence-electron chi connectivity index (χ2n) is 5.61. The maximum atomic E-state index is 6.45. The van der Waals surface area contributed by atoms with Gasteiger partial charge in [0, 0.05) is 11.5 Å². The molecule has 88 valence electrons. The monoisotopic (exact) mass is 217 g/mol. The molecule has 2 N–H and O–H groups in total. The fourth-order valence-corrected chi connectivity index (χ4v) is 2.93. The van der Waals surface area contributed by atoms with Crippen LogP contribution < -0.4 is 5.73 Å². The highest BCUT2D eigenvalue weighted by molar-refractivity contribution is 5.30. The highest BCUT2D eigenvalue weighted by Crippen LogP contribution is 2.47. The van der Waals surface area contributed by atoms with Gasteiger partial charge in [-0.3, -0.25) is 0 Å². The van der Waals surface area contributed by atoms with E-state index in [-0.39, 0.29) is 5.41 Å². The molecule has 1 saturated carbocycles. The minimum absolute atomic E-state index is 0.283. The zero-order valence-electron chi connectivity index (χ0n) is 10.4. The summed E-state index contributed by atoms with van der Waals surface area (Å²) in [5, 5.41) is 0. The molecule has 1 aliphatic carbocycles. The minimum atomic E-state index is 0.283. The Balaban J connectivity index is 2.20. The Morgan fingerprint density at radius 3 is 2.25 bits per heavy atom. The predicted octanol–water partition coefficient (Wildman–Crippen LogP) is 3.48. The van der Waals surface area contributed by atoms with E-state index < -0.39 is 0 Å². The molecule has 1 aromatic carbocycles. The van der Waals surface area contributed by atoms with E-state index in [1.54, 1.807) is 0 Å². The normalized spacial score (nSPS) is 20.5. The molecule has 1 aromatic rings. The second kappa shape index (κ2) is 4.58. The first-order valence-corrected chi connectivity index (χ1v) is 6.46. The SMILES string of the molecule is CC(C)CC(N)C1(c2ccccc2)CCC1. The molecular weight excluding hydrogens is 194 g/mol. The van der Waals surface area contributed by atoms with E-state index >= 15 is 0 Å². The maximum Gasteiger partial charge on any atom is 0.0139 e. The van der Waals surface area contributed by atoms with Crippen molar-refractivity contribution in [1.82, 2.24) is 0 Å². The molecule has 0 saturated heterocycles. The van der Waals surface area contributed by atoms with E-state index in [9.17, 15) is 0 Å². The van der Waals surface area contributed by atoms with Crippen LogP contribution in [0.25, 0.3) is 0 Å². The highest BCUT2D eigenvalue weighted by atomic mass is 14.7. The zero-order valence-corrected chi connectivity index (χ0v) is 10.4. The molecule has 0 heterocycles. The Kier molecular flexibility index (Phi) is 3.34. The molecule has 1 aliphatic rings. The number of nitrogens with two attached hydrogens (primary N) is 1. The van der Waals surface area contributed by atoms with Gasteiger partial charge in [-0.15, -0.1) is 0 Å². The summed E-state index contributed by atoms with van der Waals surface area (Å²) in [4.78, 5) is 0. The van der Waals surface area contributed by atoms with Crippen molar-refractivity contribution in [3.05, 3.63) is 35.9 Å². The third kappa shape index (κ3) is 2.01. The lowest BCUT2D eigenvalue weighted by Crippen LogP contribution is -2.50. The number of hydrogen-bond donors (Lipinski definition) is 1. The first-order chi connectivity index (χ1) is 7.65. The van der Waals surface area contributed by atoms with Crippen molar-refractivity contribution in [2.45, 2.75) is 51.0 Å². The minimum Gasteiger partial charge on any atom is -0.327 e. The van der Waals surface area contributed by atoms with Gasteiger partial charge in [0.1, 0.15) is 0 Å². The van der Waals surface area contributed by atoms with Crippen molar-refractivity contribution >= 4 is 0 Å². The Hall–Kier alpha value is -0.820. The zero-order chi connectivity index (χ0) is 11.6. The number of benzene rings is 1. The summed E-state index contributed by atoms with van der Waals surface area (Å²) >= 11 is 0. The Morgan fingerprint density at radius 2 is 1.81 bits per heavy atom. The van der Waals surface area contributed by atoms with Crippen LogP contribution in [0.3, 0.4) is 0 Å². The number of hydrogen-bond acceptors (Lipinski definition) is 1. The van der Waals surface area contributed by atoms with E-state index in [1.807, 2.05) is 0 Å². The van der Waals surface area contributed by atoms with E-state index in [1.165, 1.54) is 24.8 Å². The van der Waals surface area contributed by atoms with Gasteiger partial charge >= 0.3 is 0 Å². The lowest BCUT2D eigenvalue weighted by Gasteiger charge is -2.47. The molecule has 0 spiro atoms. The molecule has 2 rings (SSSR count). The van der Waals surface area contributed by atoms with Gasteiger partial charge in [-0.1, -0.05) is 50.6 Å². The van der Waals surface area contributed by atoms with Crippen LogP contribution in [0, 0.1) is 5.92 Å². The smallest absolute Gasteiger partial charge is 0.0139 e. The van der Waals surface area contributed by atoms with E-state index in [0.29, 0.717) is 12.0 Å². The van der Waals surface area contributed by atoms with Crippen LogP contribution in [-0.2, 0) is 5.41 Å². The van der Waals surface area contributed by atoms with E-state index in [2.05, 4.69) is 44.2 Å². The Morgan fingerprint density at radius 1 is 1.19 bits per heavy atom. The summed E-state index contributed by atoms with van der Waals surface area (Å²) in [6.07, 6.45) is 5.01. The predicted molar refractivity (Wildman–Crippen MR) is 69.4 cm³/mol. The van der Waals surface area contributed by atoms with Crippen LogP contribution >= 0.6 is 0 Å². The molecule has 1 atom stereocenters. The Labute approximate surface area is 99.0 Å². The topological polar surface area (TPSA) is 26.0 Å².